The Bertz CT molecular complexity index is 73.3. The number of rotatable bonds is 5. The van der Waals surface area contributed by atoms with E-state index in [1.54, 1.807) is 0 Å². The number of unbranched alkanes of at least 4 members (excludes halogenated alkanes) is 1. The molecule has 0 spiro atoms. The summed E-state index contributed by atoms with van der Waals surface area (Å²) in [5.41, 5.74) is 0. The third kappa shape index (κ3) is 5.50. The third-order valence-corrected chi connectivity index (χ3v) is 1.28. The number of nitrogens with one attached hydrogen (secondary N) is 1. The van der Waals surface area contributed by atoms with E-state index in [2.05, 4.69) is 6.92 Å². The van der Waals surface area contributed by atoms with E-state index in [9.17, 15) is 0 Å². The highest BCUT2D eigenvalue weighted by atomic mass is 16.3. The molecule has 0 rings (SSSR count). The van der Waals surface area contributed by atoms with E-state index >= 15 is 0 Å². The van der Waals surface area contributed by atoms with Gasteiger partial charge in [0.1, 0.15) is 0 Å². The van der Waals surface area contributed by atoms with Gasteiger partial charge in [-0.25, -0.2) is 0 Å². The van der Waals surface area contributed by atoms with Crippen LogP contribution < -0.4 is 0 Å². The van der Waals surface area contributed by atoms with Gasteiger partial charge in [0.2, 0.25) is 0 Å². The summed E-state index contributed by atoms with van der Waals surface area (Å²) in [6.45, 7) is 2.09. The summed E-state index contributed by atoms with van der Waals surface area (Å²) in [6.07, 6.45) is 4.53. The van der Waals surface area contributed by atoms with Crippen molar-refractivity contribution < 1.29 is 5.11 Å². The van der Waals surface area contributed by atoms with Gasteiger partial charge in [-0.2, -0.15) is 0 Å². The standard InChI is InChI=1S/C7H15NO/c1-2-3-4-7(9)5-6-8/h6-9H,2-5H2,1H3. The highest BCUT2D eigenvalue weighted by molar-refractivity contribution is 5.53. The minimum Gasteiger partial charge on any atom is -0.393 e. The molecule has 0 aliphatic rings. The van der Waals surface area contributed by atoms with Crippen LogP contribution in [-0.4, -0.2) is 17.4 Å². The Balaban J connectivity index is 3.04. The van der Waals surface area contributed by atoms with Crippen molar-refractivity contribution in [3.8, 4) is 0 Å². The minimum atomic E-state index is -0.276. The van der Waals surface area contributed by atoms with Crippen molar-refractivity contribution in [2.75, 3.05) is 0 Å². The van der Waals surface area contributed by atoms with Crippen LogP contribution >= 0.6 is 0 Å². The molecule has 0 aromatic rings. The first-order chi connectivity index (χ1) is 4.31. The van der Waals surface area contributed by atoms with Gasteiger partial charge in [0, 0.05) is 6.42 Å². The summed E-state index contributed by atoms with van der Waals surface area (Å²) in [5.74, 6) is 0. The maximum atomic E-state index is 9.03. The number of hydrogen-bond acceptors (Lipinski definition) is 2. The van der Waals surface area contributed by atoms with Gasteiger partial charge >= 0.3 is 0 Å². The maximum absolute atomic E-state index is 9.03. The van der Waals surface area contributed by atoms with Crippen LogP contribution in [0.25, 0.3) is 0 Å². The molecule has 0 saturated heterocycles. The third-order valence-electron chi connectivity index (χ3n) is 1.28. The maximum Gasteiger partial charge on any atom is 0.0589 e. The van der Waals surface area contributed by atoms with Gasteiger partial charge < -0.3 is 10.5 Å². The molecular weight excluding hydrogens is 114 g/mol. The van der Waals surface area contributed by atoms with Crippen LogP contribution in [0.1, 0.15) is 32.6 Å². The minimum absolute atomic E-state index is 0.276. The first-order valence-corrected chi connectivity index (χ1v) is 3.48. The zero-order valence-corrected chi connectivity index (χ0v) is 5.93. The second-order valence-corrected chi connectivity index (χ2v) is 2.24. The topological polar surface area (TPSA) is 44.1 Å². The summed E-state index contributed by atoms with van der Waals surface area (Å²) >= 11 is 0. The first-order valence-electron chi connectivity index (χ1n) is 3.48. The van der Waals surface area contributed by atoms with E-state index < -0.39 is 0 Å². The molecule has 9 heavy (non-hydrogen) atoms. The first kappa shape index (κ1) is 8.63. The van der Waals surface area contributed by atoms with E-state index in [4.69, 9.17) is 10.5 Å². The van der Waals surface area contributed by atoms with Gasteiger partial charge in [-0.3, -0.25) is 0 Å². The Morgan fingerprint density at radius 2 is 2.33 bits per heavy atom. The van der Waals surface area contributed by atoms with Gasteiger partial charge in [0.25, 0.3) is 0 Å². The fraction of sp³-hybridized carbons (Fsp3) is 0.857. The van der Waals surface area contributed by atoms with Crippen molar-refractivity contribution in [1.29, 1.82) is 5.41 Å². The van der Waals surface area contributed by atoms with Gasteiger partial charge in [-0.15, -0.1) is 0 Å². The van der Waals surface area contributed by atoms with Crippen molar-refractivity contribution in [2.45, 2.75) is 38.7 Å². The van der Waals surface area contributed by atoms with E-state index in [0.29, 0.717) is 6.42 Å². The van der Waals surface area contributed by atoms with Gasteiger partial charge in [-0.05, 0) is 12.6 Å². The SMILES string of the molecule is CCCCC(O)CC=N. The quantitative estimate of drug-likeness (QED) is 0.544. The van der Waals surface area contributed by atoms with Crippen LogP contribution in [0, 0.1) is 5.41 Å². The molecule has 0 aromatic carbocycles. The second-order valence-electron chi connectivity index (χ2n) is 2.24. The van der Waals surface area contributed by atoms with Crippen molar-refractivity contribution in [3.63, 3.8) is 0 Å². The molecule has 0 bridgehead atoms. The number of aliphatic hydroxyl groups excluding tert-OH is 1. The number of aliphatic hydroxyl groups is 1. The monoisotopic (exact) mass is 129 g/mol. The lowest BCUT2D eigenvalue weighted by Crippen LogP contribution is -2.05. The summed E-state index contributed by atoms with van der Waals surface area (Å²) < 4.78 is 0. The van der Waals surface area contributed by atoms with E-state index in [-0.39, 0.29) is 6.10 Å². The van der Waals surface area contributed by atoms with E-state index in [0.717, 1.165) is 19.3 Å². The van der Waals surface area contributed by atoms with Crippen molar-refractivity contribution in [3.05, 3.63) is 0 Å². The molecular formula is C7H15NO. The van der Waals surface area contributed by atoms with Crippen LogP contribution in [-0.2, 0) is 0 Å². The smallest absolute Gasteiger partial charge is 0.0589 e. The molecule has 54 valence electrons. The van der Waals surface area contributed by atoms with E-state index in [1.807, 2.05) is 0 Å². The highest BCUT2D eigenvalue weighted by Gasteiger charge is 1.98. The fourth-order valence-corrected chi connectivity index (χ4v) is 0.694. The lowest BCUT2D eigenvalue weighted by Gasteiger charge is -2.03. The van der Waals surface area contributed by atoms with Crippen LogP contribution in [0.4, 0.5) is 0 Å². The number of hydrogen-bond donors (Lipinski definition) is 2. The zero-order valence-electron chi connectivity index (χ0n) is 5.93. The summed E-state index contributed by atoms with van der Waals surface area (Å²) in [6, 6.07) is 0. The van der Waals surface area contributed by atoms with Crippen LogP contribution in [0.15, 0.2) is 0 Å². The molecule has 2 heteroatoms. The molecule has 0 saturated carbocycles. The second kappa shape index (κ2) is 5.76. The van der Waals surface area contributed by atoms with Crippen LogP contribution in [0.5, 0.6) is 0 Å². The predicted octanol–water partition coefficient (Wildman–Crippen LogP) is 1.58. The normalized spacial score (nSPS) is 13.1. The summed E-state index contributed by atoms with van der Waals surface area (Å²) in [7, 11) is 0. The molecule has 2 nitrogen and oxygen atoms in total. The molecule has 0 aliphatic heterocycles. The Kier molecular flexibility index (Phi) is 5.52. The Morgan fingerprint density at radius 3 is 2.78 bits per heavy atom. The van der Waals surface area contributed by atoms with Crippen molar-refractivity contribution in [1.82, 2.24) is 0 Å². The molecule has 0 heterocycles. The predicted molar refractivity (Wildman–Crippen MR) is 38.9 cm³/mol. The molecule has 0 radical (unpaired) electrons. The highest BCUT2D eigenvalue weighted by Crippen LogP contribution is 2.01. The average molecular weight is 129 g/mol. The fourth-order valence-electron chi connectivity index (χ4n) is 0.694. The molecule has 0 aromatic heterocycles. The largest absolute Gasteiger partial charge is 0.393 e. The molecule has 1 atom stereocenters. The molecule has 0 amide bonds. The van der Waals surface area contributed by atoms with Crippen molar-refractivity contribution in [2.24, 2.45) is 0 Å². The Labute approximate surface area is 56.4 Å². The van der Waals surface area contributed by atoms with Gasteiger partial charge in [0.15, 0.2) is 0 Å². The van der Waals surface area contributed by atoms with Crippen LogP contribution in [0.3, 0.4) is 0 Å². The average Bonchev–Trinajstić information content (AvgIpc) is 1.85. The van der Waals surface area contributed by atoms with E-state index in [1.165, 1.54) is 6.21 Å². The molecule has 2 N–H and O–H groups in total. The van der Waals surface area contributed by atoms with Gasteiger partial charge in [-0.1, -0.05) is 19.8 Å². The molecule has 1 unspecified atom stereocenters. The van der Waals surface area contributed by atoms with Crippen molar-refractivity contribution >= 4 is 6.21 Å². The Morgan fingerprint density at radius 1 is 1.67 bits per heavy atom. The summed E-state index contributed by atoms with van der Waals surface area (Å²) in [4.78, 5) is 0. The van der Waals surface area contributed by atoms with Crippen LogP contribution in [0.2, 0.25) is 0 Å². The molecule has 0 aliphatic carbocycles. The molecule has 0 fully saturated rings. The lowest BCUT2D eigenvalue weighted by atomic mass is 10.1. The summed E-state index contributed by atoms with van der Waals surface area (Å²) in [5, 5.41) is 15.7. The zero-order chi connectivity index (χ0) is 7.11. The van der Waals surface area contributed by atoms with Gasteiger partial charge in [0.05, 0.1) is 6.10 Å². The Hall–Kier alpha value is -0.370. The lowest BCUT2D eigenvalue weighted by molar-refractivity contribution is 0.170.